The van der Waals surface area contributed by atoms with Gasteiger partial charge in [0.2, 0.25) is 5.88 Å². The number of hydrogen-bond donors (Lipinski definition) is 3. The number of aliphatic hydroxyl groups is 1. The quantitative estimate of drug-likeness (QED) is 0.631. The molecule has 0 aliphatic carbocycles. The van der Waals surface area contributed by atoms with Crippen molar-refractivity contribution in [2.75, 3.05) is 0 Å². The van der Waals surface area contributed by atoms with Gasteiger partial charge in [-0.05, 0) is 54.7 Å². The van der Waals surface area contributed by atoms with Gasteiger partial charge in [0.05, 0.1) is 23.0 Å². The summed E-state index contributed by atoms with van der Waals surface area (Å²) in [6, 6.07) is 15.3. The van der Waals surface area contributed by atoms with Crippen LogP contribution in [0.2, 0.25) is 0 Å². The van der Waals surface area contributed by atoms with Gasteiger partial charge in [-0.25, -0.2) is 9.36 Å². The fourth-order valence-electron chi connectivity index (χ4n) is 3.10. The number of phenolic OH excluding ortho intramolecular Hbond substituents is 1. The van der Waals surface area contributed by atoms with Crippen LogP contribution >= 0.6 is 0 Å². The molecule has 0 saturated carbocycles. The molecule has 0 aliphatic rings. The standard InChI is InChI=1S/C22H26N2O4/c1-22(2,3)19(26)14-13-18-20(27)23(15-7-5-4-6-8-15)24(21(18)28)16-9-11-17(25)12-10-16/h4-12,19,25-26,28H,13-14H2,1-3H3. The van der Waals surface area contributed by atoms with Crippen molar-refractivity contribution in [2.45, 2.75) is 39.7 Å². The Bertz CT molecular complexity index is 996. The molecular weight excluding hydrogens is 356 g/mol. The number of benzene rings is 2. The summed E-state index contributed by atoms with van der Waals surface area (Å²) in [4.78, 5) is 13.2. The van der Waals surface area contributed by atoms with Crippen LogP contribution in [0.15, 0.2) is 59.4 Å². The van der Waals surface area contributed by atoms with Gasteiger partial charge in [-0.2, -0.15) is 0 Å². The van der Waals surface area contributed by atoms with Crippen molar-refractivity contribution in [1.29, 1.82) is 0 Å². The minimum atomic E-state index is -0.603. The third-order valence-corrected chi connectivity index (χ3v) is 4.88. The lowest BCUT2D eigenvalue weighted by Gasteiger charge is -2.25. The molecule has 0 fully saturated rings. The molecule has 1 heterocycles. The SMILES string of the molecule is CC(C)(C)C(O)CCc1c(O)n(-c2ccc(O)cc2)n(-c2ccccc2)c1=O. The van der Waals surface area contributed by atoms with Gasteiger partial charge >= 0.3 is 0 Å². The lowest BCUT2D eigenvalue weighted by Crippen LogP contribution is -2.27. The van der Waals surface area contributed by atoms with Gasteiger partial charge in [-0.15, -0.1) is 0 Å². The number of rotatable bonds is 5. The molecule has 3 N–H and O–H groups in total. The highest BCUT2D eigenvalue weighted by Gasteiger charge is 2.26. The molecule has 1 aromatic heterocycles. The van der Waals surface area contributed by atoms with Crippen molar-refractivity contribution >= 4 is 0 Å². The van der Waals surface area contributed by atoms with Crippen LogP contribution in [-0.2, 0) is 6.42 Å². The summed E-state index contributed by atoms with van der Waals surface area (Å²) in [6.07, 6.45) is 0.00956. The van der Waals surface area contributed by atoms with Crippen LogP contribution in [0.25, 0.3) is 11.4 Å². The van der Waals surface area contributed by atoms with E-state index in [2.05, 4.69) is 0 Å². The van der Waals surface area contributed by atoms with Gasteiger partial charge in [0, 0.05) is 0 Å². The van der Waals surface area contributed by atoms with Crippen molar-refractivity contribution in [1.82, 2.24) is 9.36 Å². The maximum atomic E-state index is 13.2. The van der Waals surface area contributed by atoms with Gasteiger partial charge in [0.15, 0.2) is 0 Å². The van der Waals surface area contributed by atoms with E-state index < -0.39 is 6.10 Å². The number of aliphatic hydroxyl groups excluding tert-OH is 1. The van der Waals surface area contributed by atoms with E-state index >= 15 is 0 Å². The predicted octanol–water partition coefficient (Wildman–Crippen LogP) is 3.38. The molecular formula is C22H26N2O4. The normalized spacial score (nSPS) is 12.9. The third-order valence-electron chi connectivity index (χ3n) is 4.88. The average Bonchev–Trinajstić information content (AvgIpc) is 2.90. The zero-order valence-electron chi connectivity index (χ0n) is 16.3. The van der Waals surface area contributed by atoms with Crippen LogP contribution < -0.4 is 5.56 Å². The number of para-hydroxylation sites is 1. The molecule has 28 heavy (non-hydrogen) atoms. The van der Waals surface area contributed by atoms with E-state index in [0.29, 0.717) is 17.8 Å². The number of nitrogens with zero attached hydrogens (tertiary/aromatic N) is 2. The second-order valence-electron chi connectivity index (χ2n) is 8.00. The lowest BCUT2D eigenvalue weighted by molar-refractivity contribution is 0.0558. The topological polar surface area (TPSA) is 87.6 Å². The lowest BCUT2D eigenvalue weighted by atomic mass is 9.86. The summed E-state index contributed by atoms with van der Waals surface area (Å²) >= 11 is 0. The Morgan fingerprint density at radius 2 is 1.46 bits per heavy atom. The van der Waals surface area contributed by atoms with Crippen LogP contribution in [0, 0.1) is 5.41 Å². The van der Waals surface area contributed by atoms with E-state index in [9.17, 15) is 20.1 Å². The second kappa shape index (κ2) is 7.56. The highest BCUT2D eigenvalue weighted by Crippen LogP contribution is 2.28. The summed E-state index contributed by atoms with van der Waals surface area (Å²) in [5.74, 6) is -0.0711. The van der Waals surface area contributed by atoms with Crippen LogP contribution in [0.3, 0.4) is 0 Å². The van der Waals surface area contributed by atoms with Gasteiger partial charge in [0.25, 0.3) is 5.56 Å². The van der Waals surface area contributed by atoms with E-state index in [-0.39, 0.29) is 34.6 Å². The largest absolute Gasteiger partial charge is 0.508 e. The van der Waals surface area contributed by atoms with Crippen molar-refractivity contribution < 1.29 is 15.3 Å². The van der Waals surface area contributed by atoms with Crippen molar-refractivity contribution in [3.8, 4) is 23.0 Å². The molecule has 6 nitrogen and oxygen atoms in total. The molecule has 0 amide bonds. The summed E-state index contributed by atoms with van der Waals surface area (Å²) in [5.41, 5.74) is 0.753. The Balaban J connectivity index is 2.12. The molecule has 6 heteroatoms. The van der Waals surface area contributed by atoms with Crippen molar-refractivity contribution in [2.24, 2.45) is 5.41 Å². The smallest absolute Gasteiger partial charge is 0.278 e. The summed E-state index contributed by atoms with van der Waals surface area (Å²) in [7, 11) is 0. The molecule has 2 aromatic carbocycles. The Kier molecular flexibility index (Phi) is 5.34. The minimum Gasteiger partial charge on any atom is -0.508 e. The van der Waals surface area contributed by atoms with E-state index in [4.69, 9.17) is 0 Å². The third kappa shape index (κ3) is 3.82. The summed E-state index contributed by atoms with van der Waals surface area (Å²) in [5, 5.41) is 30.8. The number of hydrogen-bond acceptors (Lipinski definition) is 4. The zero-order chi connectivity index (χ0) is 20.5. The van der Waals surface area contributed by atoms with Gasteiger partial charge in [-0.1, -0.05) is 39.0 Å². The predicted molar refractivity (Wildman–Crippen MR) is 108 cm³/mol. The number of phenols is 1. The maximum absolute atomic E-state index is 13.2. The first-order valence-electron chi connectivity index (χ1n) is 9.29. The molecule has 1 unspecified atom stereocenters. The Labute approximate surface area is 163 Å². The highest BCUT2D eigenvalue weighted by molar-refractivity contribution is 5.44. The van der Waals surface area contributed by atoms with Crippen LogP contribution in [0.5, 0.6) is 11.6 Å². The fraction of sp³-hybridized carbons (Fsp3) is 0.318. The van der Waals surface area contributed by atoms with Crippen LogP contribution in [0.4, 0.5) is 0 Å². The summed E-state index contributed by atoms with van der Waals surface area (Å²) in [6.45, 7) is 5.80. The molecule has 3 aromatic rings. The first-order chi connectivity index (χ1) is 13.2. The molecule has 0 aliphatic heterocycles. The van der Waals surface area contributed by atoms with Crippen LogP contribution in [-0.4, -0.2) is 30.8 Å². The van der Waals surface area contributed by atoms with Crippen molar-refractivity contribution in [3.05, 3.63) is 70.5 Å². The van der Waals surface area contributed by atoms with Crippen molar-refractivity contribution in [3.63, 3.8) is 0 Å². The highest BCUT2D eigenvalue weighted by atomic mass is 16.3. The fourth-order valence-corrected chi connectivity index (χ4v) is 3.10. The number of aromatic hydroxyl groups is 2. The van der Waals surface area contributed by atoms with Crippen LogP contribution in [0.1, 0.15) is 32.8 Å². The first kappa shape index (κ1) is 19.8. The Morgan fingerprint density at radius 3 is 2.04 bits per heavy atom. The molecule has 3 rings (SSSR count). The monoisotopic (exact) mass is 382 g/mol. The minimum absolute atomic E-state index is 0.0949. The second-order valence-corrected chi connectivity index (χ2v) is 8.00. The average molecular weight is 382 g/mol. The zero-order valence-corrected chi connectivity index (χ0v) is 16.3. The first-order valence-corrected chi connectivity index (χ1v) is 9.29. The molecule has 1 atom stereocenters. The summed E-state index contributed by atoms with van der Waals surface area (Å²) < 4.78 is 2.83. The molecule has 148 valence electrons. The van der Waals surface area contributed by atoms with Gasteiger partial charge in [0.1, 0.15) is 5.75 Å². The molecule has 0 saturated heterocycles. The molecule has 0 radical (unpaired) electrons. The van der Waals surface area contributed by atoms with E-state index in [1.54, 1.807) is 24.3 Å². The van der Waals surface area contributed by atoms with Gasteiger partial charge < -0.3 is 15.3 Å². The molecule has 0 bridgehead atoms. The van der Waals surface area contributed by atoms with E-state index in [0.717, 1.165) is 0 Å². The molecule has 0 spiro atoms. The Hall–Kier alpha value is -2.99. The maximum Gasteiger partial charge on any atom is 0.278 e. The number of aromatic nitrogens is 2. The Morgan fingerprint density at radius 1 is 0.893 bits per heavy atom. The van der Waals surface area contributed by atoms with E-state index in [1.807, 2.05) is 39.0 Å². The van der Waals surface area contributed by atoms with Gasteiger partial charge in [-0.3, -0.25) is 4.79 Å². The van der Waals surface area contributed by atoms with E-state index in [1.165, 1.54) is 21.5 Å².